The van der Waals surface area contributed by atoms with Gasteiger partial charge in [-0.15, -0.1) is 0 Å². The Kier molecular flexibility index (Phi) is 3.44. The van der Waals surface area contributed by atoms with Crippen molar-refractivity contribution in [2.75, 3.05) is 7.11 Å². The van der Waals surface area contributed by atoms with Crippen LogP contribution in [-0.2, 0) is 14.4 Å². The van der Waals surface area contributed by atoms with Crippen molar-refractivity contribution < 1.29 is 14.4 Å². The Morgan fingerprint density at radius 3 is 3.15 bits per heavy atom. The zero-order valence-electron chi connectivity index (χ0n) is 11.2. The molecule has 20 heavy (non-hydrogen) atoms. The minimum atomic E-state index is -0.406. The van der Waals surface area contributed by atoms with Crippen LogP contribution in [0.1, 0.15) is 24.8 Å². The number of carbonyl (C=O) groups excluding carboxylic acids is 1. The summed E-state index contributed by atoms with van der Waals surface area (Å²) in [6, 6.07) is 7.59. The lowest BCUT2D eigenvalue weighted by molar-refractivity contribution is -0.146. The Bertz CT molecular complexity index is 572. The third-order valence-electron chi connectivity index (χ3n) is 3.95. The van der Waals surface area contributed by atoms with Gasteiger partial charge in [-0.3, -0.25) is 15.1 Å². The maximum atomic E-state index is 11.6. The second kappa shape index (κ2) is 5.11. The summed E-state index contributed by atoms with van der Waals surface area (Å²) in [4.78, 5) is 17.4. The lowest BCUT2D eigenvalue weighted by atomic mass is 9.98. The molecule has 5 heteroatoms. The summed E-state index contributed by atoms with van der Waals surface area (Å²) in [5.74, 6) is -0.244. The molecule has 1 spiro atoms. The van der Waals surface area contributed by atoms with E-state index in [0.717, 1.165) is 24.1 Å². The predicted octanol–water partition coefficient (Wildman–Crippen LogP) is 2.93. The van der Waals surface area contributed by atoms with Crippen molar-refractivity contribution in [1.29, 1.82) is 0 Å². The molecule has 0 amide bonds. The SMILES string of the molecule is COC(=O)[C@H]1CC[C@@]2(C=C(c3cccc(Cl)c3)NO2)C1. The van der Waals surface area contributed by atoms with Gasteiger partial charge >= 0.3 is 5.97 Å². The van der Waals surface area contributed by atoms with E-state index < -0.39 is 5.60 Å². The minimum absolute atomic E-state index is 0.0863. The molecule has 1 aromatic carbocycles. The molecule has 0 unspecified atom stereocenters. The minimum Gasteiger partial charge on any atom is -0.469 e. The van der Waals surface area contributed by atoms with Crippen LogP contribution in [0.25, 0.3) is 5.70 Å². The molecule has 1 aliphatic heterocycles. The van der Waals surface area contributed by atoms with Gasteiger partial charge in [-0.25, -0.2) is 0 Å². The smallest absolute Gasteiger partial charge is 0.308 e. The third-order valence-corrected chi connectivity index (χ3v) is 4.18. The van der Waals surface area contributed by atoms with Crippen molar-refractivity contribution in [1.82, 2.24) is 5.48 Å². The van der Waals surface area contributed by atoms with Crippen LogP contribution >= 0.6 is 11.6 Å². The summed E-state index contributed by atoms with van der Waals surface area (Å²) < 4.78 is 4.81. The lowest BCUT2D eigenvalue weighted by Gasteiger charge is -2.18. The topological polar surface area (TPSA) is 47.6 Å². The molecule has 2 aliphatic rings. The molecule has 1 aromatic rings. The van der Waals surface area contributed by atoms with E-state index in [2.05, 4.69) is 11.6 Å². The predicted molar refractivity (Wildman–Crippen MR) is 75.7 cm³/mol. The van der Waals surface area contributed by atoms with Gasteiger partial charge in [0, 0.05) is 10.6 Å². The molecule has 0 radical (unpaired) electrons. The van der Waals surface area contributed by atoms with Gasteiger partial charge < -0.3 is 4.74 Å². The normalized spacial score (nSPS) is 28.3. The number of hydrogen-bond donors (Lipinski definition) is 1. The monoisotopic (exact) mass is 293 g/mol. The quantitative estimate of drug-likeness (QED) is 0.852. The largest absolute Gasteiger partial charge is 0.469 e. The number of esters is 1. The number of hydroxylamine groups is 1. The average Bonchev–Trinajstić information content (AvgIpc) is 3.06. The number of hydrogen-bond acceptors (Lipinski definition) is 4. The van der Waals surface area contributed by atoms with E-state index in [-0.39, 0.29) is 11.9 Å². The van der Waals surface area contributed by atoms with Crippen molar-refractivity contribution in [3.63, 3.8) is 0 Å². The Balaban J connectivity index is 1.80. The Morgan fingerprint density at radius 1 is 1.55 bits per heavy atom. The van der Waals surface area contributed by atoms with E-state index in [0.29, 0.717) is 11.4 Å². The number of methoxy groups -OCH3 is 1. The van der Waals surface area contributed by atoms with Crippen LogP contribution in [0, 0.1) is 5.92 Å². The van der Waals surface area contributed by atoms with Gasteiger partial charge in [-0.2, -0.15) is 0 Å². The van der Waals surface area contributed by atoms with Crippen LogP contribution in [-0.4, -0.2) is 18.7 Å². The van der Waals surface area contributed by atoms with E-state index in [1.54, 1.807) is 0 Å². The maximum absolute atomic E-state index is 11.6. The highest BCUT2D eigenvalue weighted by Crippen LogP contribution is 2.43. The van der Waals surface area contributed by atoms with Crippen molar-refractivity contribution in [3.8, 4) is 0 Å². The van der Waals surface area contributed by atoms with Crippen molar-refractivity contribution in [2.45, 2.75) is 24.9 Å². The van der Waals surface area contributed by atoms with Gasteiger partial charge in [0.15, 0.2) is 0 Å². The summed E-state index contributed by atoms with van der Waals surface area (Å²) in [7, 11) is 1.42. The lowest BCUT2D eigenvalue weighted by Crippen LogP contribution is -2.27. The van der Waals surface area contributed by atoms with Crippen molar-refractivity contribution in [3.05, 3.63) is 40.9 Å². The summed E-state index contributed by atoms with van der Waals surface area (Å²) in [6.07, 6.45) is 4.30. The first-order valence-electron chi connectivity index (χ1n) is 6.62. The molecule has 1 saturated carbocycles. The van der Waals surface area contributed by atoms with Crippen LogP contribution < -0.4 is 5.48 Å². The molecule has 1 heterocycles. The molecule has 0 bridgehead atoms. The van der Waals surface area contributed by atoms with E-state index in [1.807, 2.05) is 24.3 Å². The number of rotatable bonds is 2. The maximum Gasteiger partial charge on any atom is 0.308 e. The number of nitrogens with one attached hydrogen (secondary N) is 1. The zero-order chi connectivity index (χ0) is 14.2. The average molecular weight is 294 g/mol. The summed E-state index contributed by atoms with van der Waals surface area (Å²) in [6.45, 7) is 0. The fraction of sp³-hybridized carbons (Fsp3) is 0.400. The highest BCUT2D eigenvalue weighted by molar-refractivity contribution is 6.30. The summed E-state index contributed by atoms with van der Waals surface area (Å²) >= 11 is 6.00. The number of benzene rings is 1. The van der Waals surface area contributed by atoms with Crippen molar-refractivity contribution in [2.24, 2.45) is 5.92 Å². The number of halogens is 1. The molecule has 1 N–H and O–H groups in total. The fourth-order valence-electron chi connectivity index (χ4n) is 2.91. The van der Waals surface area contributed by atoms with Gasteiger partial charge in [-0.05, 0) is 37.5 Å². The van der Waals surface area contributed by atoms with Crippen LogP contribution in [0.3, 0.4) is 0 Å². The molecule has 106 valence electrons. The van der Waals surface area contributed by atoms with E-state index in [1.165, 1.54) is 7.11 Å². The first kappa shape index (κ1) is 13.5. The first-order chi connectivity index (χ1) is 9.62. The van der Waals surface area contributed by atoms with Gasteiger partial charge in [-0.1, -0.05) is 23.7 Å². The van der Waals surface area contributed by atoms with Gasteiger partial charge in [0.1, 0.15) is 5.60 Å². The van der Waals surface area contributed by atoms with Crippen LogP contribution in [0.15, 0.2) is 30.3 Å². The summed E-state index contributed by atoms with van der Waals surface area (Å²) in [5, 5.41) is 0.685. The third kappa shape index (κ3) is 2.41. The molecule has 4 nitrogen and oxygen atoms in total. The molecule has 0 saturated heterocycles. The number of carbonyl (C=O) groups is 1. The molecule has 3 rings (SSSR count). The van der Waals surface area contributed by atoms with E-state index in [9.17, 15) is 4.79 Å². The standard InChI is InChI=1S/C15H16ClNO3/c1-19-14(18)11-5-6-15(8-11)9-13(17-20-15)10-3-2-4-12(16)7-10/h2-4,7,9,11,17H,5-6,8H2,1H3/t11-,15-/m0/s1. The van der Waals surface area contributed by atoms with E-state index in [4.69, 9.17) is 21.2 Å². The Hall–Kier alpha value is -1.52. The summed E-state index contributed by atoms with van der Waals surface area (Å²) in [5.41, 5.74) is 4.44. The molecular weight excluding hydrogens is 278 g/mol. The highest BCUT2D eigenvalue weighted by atomic mass is 35.5. The van der Waals surface area contributed by atoms with Gasteiger partial charge in [0.25, 0.3) is 0 Å². The highest BCUT2D eigenvalue weighted by Gasteiger charge is 2.45. The molecule has 0 aromatic heterocycles. The van der Waals surface area contributed by atoms with Crippen LogP contribution in [0.4, 0.5) is 0 Å². The molecule has 1 fully saturated rings. The van der Waals surface area contributed by atoms with Gasteiger partial charge in [0.2, 0.25) is 0 Å². The Labute approximate surface area is 122 Å². The van der Waals surface area contributed by atoms with Crippen LogP contribution in [0.5, 0.6) is 0 Å². The first-order valence-corrected chi connectivity index (χ1v) is 7.00. The Morgan fingerprint density at radius 2 is 2.40 bits per heavy atom. The molecule has 1 aliphatic carbocycles. The van der Waals surface area contributed by atoms with Crippen LogP contribution in [0.2, 0.25) is 5.02 Å². The molecule has 2 atom stereocenters. The second-order valence-electron chi connectivity index (χ2n) is 5.30. The van der Waals surface area contributed by atoms with Crippen molar-refractivity contribution >= 4 is 23.3 Å². The zero-order valence-corrected chi connectivity index (χ0v) is 11.9. The molecular formula is C15H16ClNO3. The second-order valence-corrected chi connectivity index (χ2v) is 5.74. The fourth-order valence-corrected chi connectivity index (χ4v) is 3.10. The number of ether oxygens (including phenoxy) is 1. The van der Waals surface area contributed by atoms with E-state index >= 15 is 0 Å². The van der Waals surface area contributed by atoms with Gasteiger partial charge in [0.05, 0.1) is 18.7 Å².